The van der Waals surface area contributed by atoms with Crippen molar-refractivity contribution < 1.29 is 9.53 Å². The van der Waals surface area contributed by atoms with Crippen LogP contribution in [-0.2, 0) is 6.54 Å². The van der Waals surface area contributed by atoms with Crippen LogP contribution >= 0.6 is 11.3 Å². The van der Waals surface area contributed by atoms with Crippen LogP contribution in [0.4, 0.5) is 0 Å². The van der Waals surface area contributed by atoms with Gasteiger partial charge < -0.3 is 15.8 Å². The second kappa shape index (κ2) is 6.44. The van der Waals surface area contributed by atoms with Crippen LogP contribution in [0.1, 0.15) is 34.0 Å². The van der Waals surface area contributed by atoms with Gasteiger partial charge in [0.2, 0.25) is 5.88 Å². The van der Waals surface area contributed by atoms with E-state index < -0.39 is 0 Å². The number of rotatable bonds is 5. The molecule has 0 fully saturated rings. The molecule has 0 bridgehead atoms. The van der Waals surface area contributed by atoms with E-state index in [1.807, 2.05) is 13.0 Å². The number of carbonyl (C=O) groups excluding carboxylic acids is 1. The van der Waals surface area contributed by atoms with E-state index in [-0.39, 0.29) is 11.9 Å². The Labute approximate surface area is 121 Å². The van der Waals surface area contributed by atoms with Crippen LogP contribution in [0.3, 0.4) is 0 Å². The molecule has 20 heavy (non-hydrogen) atoms. The molecule has 7 heteroatoms. The molecular weight excluding hydrogens is 276 g/mol. The molecule has 1 amide bonds. The van der Waals surface area contributed by atoms with Crippen molar-refractivity contribution in [3.05, 3.63) is 40.0 Å². The number of amides is 1. The van der Waals surface area contributed by atoms with Gasteiger partial charge in [-0.15, -0.1) is 11.3 Å². The van der Waals surface area contributed by atoms with E-state index in [4.69, 9.17) is 10.5 Å². The average Bonchev–Trinajstić information content (AvgIpc) is 2.95. The summed E-state index contributed by atoms with van der Waals surface area (Å²) in [4.78, 5) is 20.2. The highest BCUT2D eigenvalue weighted by Crippen LogP contribution is 2.15. The van der Waals surface area contributed by atoms with Gasteiger partial charge in [-0.3, -0.25) is 4.79 Å². The highest BCUT2D eigenvalue weighted by Gasteiger charge is 2.12. The van der Waals surface area contributed by atoms with Crippen LogP contribution in [0.2, 0.25) is 0 Å². The lowest BCUT2D eigenvalue weighted by molar-refractivity contribution is 0.0946. The lowest BCUT2D eigenvalue weighted by Gasteiger charge is -2.04. The minimum Gasteiger partial charge on any atom is -0.481 e. The second-order valence-electron chi connectivity index (χ2n) is 4.25. The Morgan fingerprint density at radius 1 is 1.55 bits per heavy atom. The number of aromatic nitrogens is 2. The molecule has 2 heterocycles. The molecule has 0 aliphatic heterocycles. The fraction of sp³-hybridized carbons (Fsp3) is 0.308. The first kappa shape index (κ1) is 14.4. The van der Waals surface area contributed by atoms with Gasteiger partial charge in [-0.2, -0.15) is 0 Å². The van der Waals surface area contributed by atoms with Gasteiger partial charge in [0.1, 0.15) is 10.7 Å². The molecular formula is C13H16N4O2S. The van der Waals surface area contributed by atoms with Gasteiger partial charge in [0.15, 0.2) is 0 Å². The summed E-state index contributed by atoms with van der Waals surface area (Å²) in [6.07, 6.45) is 1.66. The number of methoxy groups -OCH3 is 1. The summed E-state index contributed by atoms with van der Waals surface area (Å²) < 4.78 is 4.97. The Balaban J connectivity index is 1.93. The Hall–Kier alpha value is -1.99. The first-order valence-corrected chi connectivity index (χ1v) is 6.96. The van der Waals surface area contributed by atoms with E-state index in [0.29, 0.717) is 18.1 Å². The molecule has 0 radical (unpaired) electrons. The summed E-state index contributed by atoms with van der Waals surface area (Å²) in [5, 5.41) is 5.25. The molecule has 2 rings (SSSR count). The molecule has 0 aliphatic carbocycles. The zero-order valence-corrected chi connectivity index (χ0v) is 12.1. The number of pyridine rings is 1. The molecule has 1 unspecified atom stereocenters. The number of nitrogens with zero attached hydrogens (tertiary/aromatic N) is 2. The van der Waals surface area contributed by atoms with E-state index in [1.165, 1.54) is 11.3 Å². The molecule has 0 saturated heterocycles. The Bertz CT molecular complexity index is 580. The Morgan fingerprint density at radius 3 is 2.90 bits per heavy atom. The normalized spacial score (nSPS) is 11.9. The first-order chi connectivity index (χ1) is 9.60. The summed E-state index contributed by atoms with van der Waals surface area (Å²) in [7, 11) is 1.56. The average molecular weight is 292 g/mol. The van der Waals surface area contributed by atoms with Crippen molar-refractivity contribution in [2.75, 3.05) is 7.11 Å². The van der Waals surface area contributed by atoms with Crippen molar-refractivity contribution in [2.45, 2.75) is 19.5 Å². The number of carbonyl (C=O) groups is 1. The number of thiazole rings is 1. The predicted octanol–water partition coefficient (Wildman–Crippen LogP) is 1.50. The summed E-state index contributed by atoms with van der Waals surface area (Å²) in [5.41, 5.74) is 7.00. The smallest absolute Gasteiger partial charge is 0.271 e. The number of hydrogen-bond donors (Lipinski definition) is 2. The van der Waals surface area contributed by atoms with Crippen molar-refractivity contribution in [3.8, 4) is 5.88 Å². The Kier molecular flexibility index (Phi) is 4.65. The maximum absolute atomic E-state index is 11.9. The maximum atomic E-state index is 11.9. The molecule has 3 N–H and O–H groups in total. The minimum atomic E-state index is -0.219. The first-order valence-electron chi connectivity index (χ1n) is 6.08. The minimum absolute atomic E-state index is 0.160. The monoisotopic (exact) mass is 292 g/mol. The lowest BCUT2D eigenvalue weighted by Crippen LogP contribution is -2.23. The number of ether oxygens (including phenoxy) is 1. The van der Waals surface area contributed by atoms with Gasteiger partial charge in [0.25, 0.3) is 5.91 Å². The molecule has 2 aromatic rings. The standard InChI is InChI=1S/C13H16N4O2S/c1-8(14)13-17-10(7-20-13)12(18)16-6-9-3-4-11(19-2)15-5-9/h3-5,7-8H,6,14H2,1-2H3,(H,16,18). The van der Waals surface area contributed by atoms with E-state index in [1.54, 1.807) is 24.8 Å². The van der Waals surface area contributed by atoms with E-state index in [9.17, 15) is 4.79 Å². The van der Waals surface area contributed by atoms with Gasteiger partial charge in [0.05, 0.1) is 13.2 Å². The summed E-state index contributed by atoms with van der Waals surface area (Å²) in [6, 6.07) is 3.44. The molecule has 0 saturated carbocycles. The molecule has 1 atom stereocenters. The third-order valence-corrected chi connectivity index (χ3v) is 3.65. The van der Waals surface area contributed by atoms with Crippen molar-refractivity contribution in [1.82, 2.24) is 15.3 Å². The maximum Gasteiger partial charge on any atom is 0.271 e. The zero-order valence-electron chi connectivity index (χ0n) is 11.3. The second-order valence-corrected chi connectivity index (χ2v) is 5.14. The topological polar surface area (TPSA) is 90.1 Å². The predicted molar refractivity (Wildman–Crippen MR) is 76.7 cm³/mol. The number of hydrogen-bond acceptors (Lipinski definition) is 6. The van der Waals surface area contributed by atoms with E-state index in [0.717, 1.165) is 10.6 Å². The van der Waals surface area contributed by atoms with Gasteiger partial charge in [-0.25, -0.2) is 9.97 Å². The van der Waals surface area contributed by atoms with E-state index in [2.05, 4.69) is 15.3 Å². The number of nitrogens with one attached hydrogen (secondary N) is 1. The zero-order chi connectivity index (χ0) is 14.5. The van der Waals surface area contributed by atoms with Crippen LogP contribution in [0, 0.1) is 0 Å². The molecule has 2 aromatic heterocycles. The van der Waals surface area contributed by atoms with Gasteiger partial charge in [-0.1, -0.05) is 6.07 Å². The fourth-order valence-corrected chi connectivity index (χ4v) is 2.27. The molecule has 0 aliphatic rings. The van der Waals surface area contributed by atoms with Crippen LogP contribution < -0.4 is 15.8 Å². The lowest BCUT2D eigenvalue weighted by atomic mass is 10.3. The van der Waals surface area contributed by atoms with E-state index >= 15 is 0 Å². The fourth-order valence-electron chi connectivity index (χ4n) is 1.51. The SMILES string of the molecule is COc1ccc(CNC(=O)c2csc(C(C)N)n2)cn1. The van der Waals surface area contributed by atoms with Gasteiger partial charge >= 0.3 is 0 Å². The third-order valence-electron chi connectivity index (χ3n) is 2.60. The van der Waals surface area contributed by atoms with Crippen molar-refractivity contribution in [3.63, 3.8) is 0 Å². The highest BCUT2D eigenvalue weighted by molar-refractivity contribution is 7.09. The largest absolute Gasteiger partial charge is 0.481 e. The van der Waals surface area contributed by atoms with Crippen molar-refractivity contribution in [2.24, 2.45) is 5.73 Å². The summed E-state index contributed by atoms with van der Waals surface area (Å²) in [6.45, 7) is 2.23. The highest BCUT2D eigenvalue weighted by atomic mass is 32.1. The van der Waals surface area contributed by atoms with Crippen LogP contribution in [0.25, 0.3) is 0 Å². The summed E-state index contributed by atoms with van der Waals surface area (Å²) >= 11 is 1.39. The Morgan fingerprint density at radius 2 is 2.35 bits per heavy atom. The molecule has 0 spiro atoms. The quantitative estimate of drug-likeness (QED) is 0.871. The van der Waals surface area contributed by atoms with Crippen LogP contribution in [-0.4, -0.2) is 23.0 Å². The molecule has 6 nitrogen and oxygen atoms in total. The van der Waals surface area contributed by atoms with Crippen molar-refractivity contribution in [1.29, 1.82) is 0 Å². The van der Waals surface area contributed by atoms with Gasteiger partial charge in [0, 0.05) is 24.2 Å². The van der Waals surface area contributed by atoms with Gasteiger partial charge in [-0.05, 0) is 12.5 Å². The van der Waals surface area contributed by atoms with Crippen molar-refractivity contribution >= 4 is 17.2 Å². The summed E-state index contributed by atoms with van der Waals surface area (Å²) in [5.74, 6) is 0.324. The molecule has 106 valence electrons. The molecule has 0 aromatic carbocycles. The van der Waals surface area contributed by atoms with Crippen LogP contribution in [0.5, 0.6) is 5.88 Å². The number of nitrogens with two attached hydrogens (primary N) is 1. The third kappa shape index (κ3) is 3.52. The van der Waals surface area contributed by atoms with Crippen LogP contribution in [0.15, 0.2) is 23.7 Å².